The Labute approximate surface area is 130 Å². The van der Waals surface area contributed by atoms with Gasteiger partial charge >= 0.3 is 12.4 Å². The van der Waals surface area contributed by atoms with Crippen molar-refractivity contribution < 1.29 is 31.4 Å². The van der Waals surface area contributed by atoms with E-state index >= 15 is 0 Å². The Morgan fingerprint density at radius 3 is 1.92 bits per heavy atom. The SMILES string of the molecule is N#C/C(=N\Nc1ccc(C(O)(C(F)(F)F)C(F)(F)F)cc1)C(=N)N. The Morgan fingerprint density at radius 2 is 1.58 bits per heavy atom. The molecule has 6 nitrogen and oxygen atoms in total. The van der Waals surface area contributed by atoms with E-state index in [9.17, 15) is 31.4 Å². The molecule has 0 atom stereocenters. The fourth-order valence-corrected chi connectivity index (χ4v) is 1.54. The predicted octanol–water partition coefficient (Wildman–Crippen LogP) is 2.23. The number of nitrogens with two attached hydrogens (primary N) is 1. The molecule has 0 spiro atoms. The summed E-state index contributed by atoms with van der Waals surface area (Å²) in [6.07, 6.45) is -12.0. The molecular formula is C12H9F6N5O. The number of hydrogen-bond acceptors (Lipinski definition) is 5. The van der Waals surface area contributed by atoms with Gasteiger partial charge in [0.25, 0.3) is 5.60 Å². The fraction of sp³-hybridized carbons (Fsp3) is 0.250. The van der Waals surface area contributed by atoms with E-state index in [4.69, 9.17) is 16.4 Å². The molecule has 0 unspecified atom stereocenters. The van der Waals surface area contributed by atoms with Crippen LogP contribution in [-0.2, 0) is 5.60 Å². The smallest absolute Gasteiger partial charge is 0.382 e. The summed E-state index contributed by atoms with van der Waals surface area (Å²) in [6, 6.07) is 3.80. The van der Waals surface area contributed by atoms with Crippen molar-refractivity contribution in [2.45, 2.75) is 18.0 Å². The maximum absolute atomic E-state index is 12.7. The van der Waals surface area contributed by atoms with Gasteiger partial charge < -0.3 is 10.8 Å². The number of benzene rings is 1. The normalized spacial score (nSPS) is 13.3. The van der Waals surface area contributed by atoms with Crippen LogP contribution in [-0.4, -0.2) is 29.0 Å². The third kappa shape index (κ3) is 3.57. The number of halogens is 6. The summed E-state index contributed by atoms with van der Waals surface area (Å²) in [7, 11) is 0. The van der Waals surface area contributed by atoms with Crippen LogP contribution in [0.15, 0.2) is 29.4 Å². The van der Waals surface area contributed by atoms with Crippen molar-refractivity contribution in [3.63, 3.8) is 0 Å². The van der Waals surface area contributed by atoms with Gasteiger partial charge in [-0.25, -0.2) is 0 Å². The number of amidine groups is 1. The van der Waals surface area contributed by atoms with Crippen LogP contribution in [0.2, 0.25) is 0 Å². The molecule has 1 rings (SSSR count). The van der Waals surface area contributed by atoms with Crippen molar-refractivity contribution in [1.82, 2.24) is 0 Å². The Morgan fingerprint density at radius 1 is 1.12 bits per heavy atom. The van der Waals surface area contributed by atoms with Crippen molar-refractivity contribution in [3.8, 4) is 6.07 Å². The van der Waals surface area contributed by atoms with E-state index in [0.29, 0.717) is 12.1 Å². The van der Waals surface area contributed by atoms with Gasteiger partial charge in [0, 0.05) is 5.56 Å². The molecule has 0 saturated carbocycles. The van der Waals surface area contributed by atoms with Gasteiger partial charge in [0.15, 0.2) is 5.84 Å². The minimum Gasteiger partial charge on any atom is -0.382 e. The van der Waals surface area contributed by atoms with Gasteiger partial charge in [0.2, 0.25) is 5.71 Å². The molecular weight excluding hydrogens is 344 g/mol. The highest BCUT2D eigenvalue weighted by Gasteiger charge is 2.71. The molecule has 0 radical (unpaired) electrons. The highest BCUT2D eigenvalue weighted by atomic mass is 19.4. The molecule has 1 aromatic carbocycles. The molecule has 1 aromatic rings. The average molecular weight is 353 g/mol. The molecule has 12 heteroatoms. The number of rotatable bonds is 4. The van der Waals surface area contributed by atoms with Crippen LogP contribution in [0.3, 0.4) is 0 Å². The first-order chi connectivity index (χ1) is 10.8. The minimum atomic E-state index is -5.99. The summed E-state index contributed by atoms with van der Waals surface area (Å²) in [5.74, 6) is -0.690. The van der Waals surface area contributed by atoms with Gasteiger partial charge in [0.1, 0.15) is 6.07 Å². The summed E-state index contributed by atoms with van der Waals surface area (Å²) in [5.41, 5.74) is 0.0211. The number of hydrogen-bond donors (Lipinski definition) is 4. The number of anilines is 1. The van der Waals surface area contributed by atoms with Crippen LogP contribution >= 0.6 is 0 Å². The van der Waals surface area contributed by atoms with Crippen LogP contribution in [0.25, 0.3) is 0 Å². The van der Waals surface area contributed by atoms with Gasteiger partial charge in [-0.1, -0.05) is 12.1 Å². The van der Waals surface area contributed by atoms with Gasteiger partial charge in [-0.3, -0.25) is 10.8 Å². The quantitative estimate of drug-likeness (QED) is 0.287. The zero-order chi connectivity index (χ0) is 18.8. The minimum absolute atomic E-state index is 0.0977. The fourth-order valence-electron chi connectivity index (χ4n) is 1.54. The number of alkyl halides is 6. The third-order valence-corrected chi connectivity index (χ3v) is 2.78. The molecule has 0 aromatic heterocycles. The first kappa shape index (κ1) is 19.2. The Balaban J connectivity index is 3.19. The van der Waals surface area contributed by atoms with Gasteiger partial charge in [-0.05, 0) is 12.1 Å². The standard InChI is InChI=1S/C12H9F6N5O/c13-11(14,15)10(24,12(16,17)18)6-1-3-7(4-2-6)22-23-8(5-19)9(20)21/h1-4,22,24H,(H3,20,21)/b23-8+. The lowest BCUT2D eigenvalue weighted by molar-refractivity contribution is -0.376. The van der Waals surface area contributed by atoms with E-state index in [1.165, 1.54) is 6.07 Å². The lowest BCUT2D eigenvalue weighted by Gasteiger charge is -2.32. The topological polar surface area (TPSA) is 118 Å². The van der Waals surface area contributed by atoms with Gasteiger partial charge in [0.05, 0.1) is 5.69 Å². The summed E-state index contributed by atoms with van der Waals surface area (Å²) in [5, 5.41) is 28.1. The zero-order valence-electron chi connectivity index (χ0n) is 11.5. The molecule has 0 amide bonds. The van der Waals surface area contributed by atoms with E-state index in [-0.39, 0.29) is 5.69 Å². The molecule has 0 aliphatic rings. The van der Waals surface area contributed by atoms with Crippen molar-refractivity contribution in [3.05, 3.63) is 29.8 Å². The summed E-state index contributed by atoms with van der Waals surface area (Å²) < 4.78 is 76.2. The Hall–Kier alpha value is -2.81. The van der Waals surface area contributed by atoms with E-state index in [1.807, 2.05) is 0 Å². The highest BCUT2D eigenvalue weighted by Crippen LogP contribution is 2.50. The molecule has 130 valence electrons. The van der Waals surface area contributed by atoms with Crippen LogP contribution in [0, 0.1) is 16.7 Å². The summed E-state index contributed by atoms with van der Waals surface area (Å²) in [4.78, 5) is 0. The molecule has 24 heavy (non-hydrogen) atoms. The first-order valence-electron chi connectivity index (χ1n) is 5.89. The predicted molar refractivity (Wildman–Crippen MR) is 71.0 cm³/mol. The second-order valence-corrected chi connectivity index (χ2v) is 4.38. The summed E-state index contributed by atoms with van der Waals surface area (Å²) in [6.45, 7) is 0. The van der Waals surface area contributed by atoms with E-state index in [2.05, 4.69) is 10.5 Å². The molecule has 0 aliphatic carbocycles. The number of hydrazone groups is 1. The lowest BCUT2D eigenvalue weighted by Crippen LogP contribution is -2.53. The molecule has 0 bridgehead atoms. The van der Waals surface area contributed by atoms with Crippen molar-refractivity contribution in [2.24, 2.45) is 10.8 Å². The largest absolute Gasteiger partial charge is 0.430 e. The number of nitriles is 1. The van der Waals surface area contributed by atoms with E-state index < -0.39 is 35.1 Å². The average Bonchev–Trinajstić information content (AvgIpc) is 2.45. The third-order valence-electron chi connectivity index (χ3n) is 2.78. The van der Waals surface area contributed by atoms with Gasteiger partial charge in [-0.2, -0.15) is 36.7 Å². The molecule has 0 heterocycles. The number of nitrogens with one attached hydrogen (secondary N) is 2. The number of nitrogens with zero attached hydrogens (tertiary/aromatic N) is 2. The zero-order valence-corrected chi connectivity index (χ0v) is 11.5. The molecule has 0 aliphatic heterocycles. The molecule has 5 N–H and O–H groups in total. The second-order valence-electron chi connectivity index (χ2n) is 4.38. The molecule has 0 fully saturated rings. The van der Waals surface area contributed by atoms with Crippen molar-refractivity contribution in [2.75, 3.05) is 5.43 Å². The van der Waals surface area contributed by atoms with E-state index in [0.717, 1.165) is 12.1 Å². The lowest BCUT2D eigenvalue weighted by atomic mass is 9.92. The van der Waals surface area contributed by atoms with Crippen LogP contribution in [0.5, 0.6) is 0 Å². The Bertz CT molecular complexity index is 672. The van der Waals surface area contributed by atoms with Crippen molar-refractivity contribution >= 4 is 17.2 Å². The maximum Gasteiger partial charge on any atom is 0.430 e. The monoisotopic (exact) mass is 353 g/mol. The van der Waals surface area contributed by atoms with Crippen molar-refractivity contribution in [1.29, 1.82) is 10.7 Å². The highest BCUT2D eigenvalue weighted by molar-refractivity contribution is 6.45. The number of aliphatic hydroxyl groups is 1. The first-order valence-corrected chi connectivity index (χ1v) is 5.89. The summed E-state index contributed by atoms with van der Waals surface area (Å²) >= 11 is 0. The Kier molecular flexibility index (Phi) is 5.10. The molecule has 0 saturated heterocycles. The van der Waals surface area contributed by atoms with Crippen LogP contribution < -0.4 is 11.2 Å². The van der Waals surface area contributed by atoms with Gasteiger partial charge in [-0.15, -0.1) is 0 Å². The van der Waals surface area contributed by atoms with Crippen LogP contribution in [0.1, 0.15) is 5.56 Å². The van der Waals surface area contributed by atoms with Crippen LogP contribution in [0.4, 0.5) is 32.0 Å². The van der Waals surface area contributed by atoms with E-state index in [1.54, 1.807) is 0 Å². The second kappa shape index (κ2) is 6.36. The maximum atomic E-state index is 12.7.